The minimum atomic E-state index is -0.524. The quantitative estimate of drug-likeness (QED) is 0.544. The van der Waals surface area contributed by atoms with Gasteiger partial charge in [0.1, 0.15) is 11.4 Å². The lowest BCUT2D eigenvalue weighted by Crippen LogP contribution is -2.33. The van der Waals surface area contributed by atoms with Crippen LogP contribution < -0.4 is 10.9 Å². The van der Waals surface area contributed by atoms with Gasteiger partial charge in [0.25, 0.3) is 5.56 Å². The van der Waals surface area contributed by atoms with Crippen LogP contribution in [0.4, 0.5) is 0 Å². The molecule has 0 radical (unpaired) electrons. The molecule has 2 aromatic heterocycles. The van der Waals surface area contributed by atoms with E-state index in [4.69, 9.17) is 4.74 Å². The topological polar surface area (TPSA) is 90.3 Å². The van der Waals surface area contributed by atoms with Gasteiger partial charge in [0, 0.05) is 11.9 Å². The van der Waals surface area contributed by atoms with Crippen LogP contribution in [0.5, 0.6) is 0 Å². The van der Waals surface area contributed by atoms with Crippen molar-refractivity contribution in [2.45, 2.75) is 46.1 Å². The van der Waals surface area contributed by atoms with Crippen LogP contribution in [0.1, 0.15) is 49.9 Å². The van der Waals surface area contributed by atoms with Gasteiger partial charge in [0.2, 0.25) is 5.91 Å². The average Bonchev–Trinajstić information content (AvgIpc) is 3.03. The van der Waals surface area contributed by atoms with Gasteiger partial charge in [-0.1, -0.05) is 26.7 Å². The van der Waals surface area contributed by atoms with Crippen molar-refractivity contribution in [1.29, 1.82) is 0 Å². The molecule has 7 nitrogen and oxygen atoms in total. The molecule has 0 unspecified atom stereocenters. The molecule has 0 aliphatic rings. The zero-order valence-electron chi connectivity index (χ0n) is 14.5. The Bertz CT molecular complexity index is 797. The van der Waals surface area contributed by atoms with Crippen molar-refractivity contribution >= 4 is 33.4 Å². The van der Waals surface area contributed by atoms with E-state index >= 15 is 0 Å². The van der Waals surface area contributed by atoms with Crippen molar-refractivity contribution < 1.29 is 14.3 Å². The Morgan fingerprint density at radius 3 is 2.76 bits per heavy atom. The third-order valence-electron chi connectivity index (χ3n) is 3.68. The zero-order valence-corrected chi connectivity index (χ0v) is 15.4. The third-order valence-corrected chi connectivity index (χ3v) is 4.56. The molecule has 0 fully saturated rings. The number of ether oxygens (including phenoxy) is 1. The van der Waals surface area contributed by atoms with Gasteiger partial charge in [-0.3, -0.25) is 14.2 Å². The van der Waals surface area contributed by atoms with Crippen LogP contribution in [-0.2, 0) is 16.1 Å². The summed E-state index contributed by atoms with van der Waals surface area (Å²) in [6, 6.07) is 0. The molecule has 8 heteroatoms. The van der Waals surface area contributed by atoms with Gasteiger partial charge in [-0.2, -0.15) is 0 Å². The summed E-state index contributed by atoms with van der Waals surface area (Å²) >= 11 is 1.21. The second-order valence-corrected chi connectivity index (χ2v) is 6.56. The summed E-state index contributed by atoms with van der Waals surface area (Å²) in [5.74, 6) is -0.775. The van der Waals surface area contributed by atoms with Gasteiger partial charge in [-0.05, 0) is 12.8 Å². The first-order chi connectivity index (χ1) is 12.1. The largest absolute Gasteiger partial charge is 0.462 e. The molecule has 1 N–H and O–H groups in total. The molecule has 0 saturated heterocycles. The van der Waals surface area contributed by atoms with E-state index < -0.39 is 11.5 Å². The second kappa shape index (κ2) is 9.31. The maximum Gasteiger partial charge on any atom is 0.339 e. The molecule has 0 bridgehead atoms. The van der Waals surface area contributed by atoms with Gasteiger partial charge >= 0.3 is 5.97 Å². The molecule has 0 saturated carbocycles. The van der Waals surface area contributed by atoms with Crippen LogP contribution in [0.25, 0.3) is 10.2 Å². The molecule has 2 aromatic rings. The monoisotopic (exact) mass is 365 g/mol. The van der Waals surface area contributed by atoms with Crippen LogP contribution in [0.2, 0.25) is 0 Å². The standard InChI is InChI=1S/C17H23N3O4S/c1-3-5-7-18-13(21)9-20-11-19-15-14(16(20)22)12(10-25-15)17(23)24-8-6-4-2/h10-11H,3-9H2,1-2H3,(H,18,21). The first kappa shape index (κ1) is 19.1. The van der Waals surface area contributed by atoms with Crippen molar-refractivity contribution in [2.24, 2.45) is 0 Å². The average molecular weight is 365 g/mol. The van der Waals surface area contributed by atoms with Gasteiger partial charge in [-0.15, -0.1) is 11.3 Å². The van der Waals surface area contributed by atoms with E-state index in [1.165, 1.54) is 22.2 Å². The summed E-state index contributed by atoms with van der Waals surface area (Å²) in [5, 5.41) is 4.56. The van der Waals surface area contributed by atoms with Gasteiger partial charge in [0.05, 0.1) is 23.9 Å². The zero-order chi connectivity index (χ0) is 18.2. The lowest BCUT2D eigenvalue weighted by atomic mass is 10.2. The predicted molar refractivity (Wildman–Crippen MR) is 97.0 cm³/mol. The highest BCUT2D eigenvalue weighted by molar-refractivity contribution is 7.17. The minimum absolute atomic E-state index is 0.119. The molecule has 2 heterocycles. The number of carbonyl (C=O) groups is 2. The molecule has 0 atom stereocenters. The first-order valence-corrected chi connectivity index (χ1v) is 9.36. The van der Waals surface area contributed by atoms with Crippen molar-refractivity contribution in [3.63, 3.8) is 0 Å². The lowest BCUT2D eigenvalue weighted by Gasteiger charge is -2.07. The van der Waals surface area contributed by atoms with Crippen LogP contribution in [0.15, 0.2) is 16.5 Å². The number of carbonyl (C=O) groups excluding carboxylic acids is 2. The van der Waals surface area contributed by atoms with Crippen LogP contribution in [-0.4, -0.2) is 34.6 Å². The van der Waals surface area contributed by atoms with E-state index in [0.29, 0.717) is 18.0 Å². The number of hydrogen-bond acceptors (Lipinski definition) is 6. The number of nitrogens with zero attached hydrogens (tertiary/aromatic N) is 2. The molecular formula is C17H23N3O4S. The number of unbranched alkanes of at least 4 members (excludes halogenated alkanes) is 2. The summed E-state index contributed by atoms with van der Waals surface area (Å²) in [4.78, 5) is 41.4. The smallest absolute Gasteiger partial charge is 0.339 e. The van der Waals surface area contributed by atoms with Crippen molar-refractivity contribution in [3.05, 3.63) is 27.6 Å². The summed E-state index contributed by atoms with van der Waals surface area (Å²) in [6.07, 6.45) is 4.89. The molecular weight excluding hydrogens is 342 g/mol. The lowest BCUT2D eigenvalue weighted by molar-refractivity contribution is -0.121. The molecule has 136 valence electrons. The maximum atomic E-state index is 12.7. The summed E-state index contributed by atoms with van der Waals surface area (Å²) < 4.78 is 6.41. The Labute approximate surface area is 150 Å². The van der Waals surface area contributed by atoms with Crippen molar-refractivity contribution in [3.8, 4) is 0 Å². The molecule has 25 heavy (non-hydrogen) atoms. The number of aromatic nitrogens is 2. The molecule has 0 spiro atoms. The first-order valence-electron chi connectivity index (χ1n) is 8.48. The number of fused-ring (bicyclic) bond motifs is 1. The van der Waals surface area contributed by atoms with Crippen LogP contribution in [0.3, 0.4) is 0 Å². The van der Waals surface area contributed by atoms with Gasteiger partial charge < -0.3 is 10.1 Å². The molecule has 2 rings (SSSR count). The molecule has 0 aromatic carbocycles. The van der Waals surface area contributed by atoms with E-state index in [0.717, 1.165) is 25.7 Å². The highest BCUT2D eigenvalue weighted by Gasteiger charge is 2.19. The highest BCUT2D eigenvalue weighted by atomic mass is 32.1. The fraction of sp³-hybridized carbons (Fsp3) is 0.529. The fourth-order valence-electron chi connectivity index (χ4n) is 2.23. The number of amides is 1. The Balaban J connectivity index is 2.20. The number of thiophene rings is 1. The SMILES string of the molecule is CCCCNC(=O)Cn1cnc2scc(C(=O)OCCCC)c2c1=O. The van der Waals surface area contributed by atoms with E-state index in [1.807, 2.05) is 13.8 Å². The highest BCUT2D eigenvalue weighted by Crippen LogP contribution is 2.21. The number of rotatable bonds is 9. The Kier molecular flexibility index (Phi) is 7.12. The van der Waals surface area contributed by atoms with Crippen molar-refractivity contribution in [1.82, 2.24) is 14.9 Å². The summed E-state index contributed by atoms with van der Waals surface area (Å²) in [7, 11) is 0. The number of hydrogen-bond donors (Lipinski definition) is 1. The maximum absolute atomic E-state index is 12.7. The summed E-state index contributed by atoms with van der Waals surface area (Å²) in [6.45, 7) is 4.81. The van der Waals surface area contributed by atoms with Crippen molar-refractivity contribution in [2.75, 3.05) is 13.2 Å². The summed E-state index contributed by atoms with van der Waals surface area (Å²) in [5.41, 5.74) is -0.186. The van der Waals surface area contributed by atoms with Crippen LogP contribution in [0, 0.1) is 0 Å². The third kappa shape index (κ3) is 4.88. The Hall–Kier alpha value is -2.22. The molecule has 1 amide bonds. The second-order valence-electron chi connectivity index (χ2n) is 5.70. The van der Waals surface area contributed by atoms with E-state index in [9.17, 15) is 14.4 Å². The molecule has 0 aliphatic carbocycles. The normalized spacial score (nSPS) is 10.8. The Morgan fingerprint density at radius 2 is 2.04 bits per heavy atom. The van der Waals surface area contributed by atoms with E-state index in [2.05, 4.69) is 10.3 Å². The van der Waals surface area contributed by atoms with E-state index in [1.54, 1.807) is 5.38 Å². The predicted octanol–water partition coefficient (Wildman–Crippen LogP) is 2.33. The Morgan fingerprint density at radius 1 is 1.28 bits per heavy atom. The minimum Gasteiger partial charge on any atom is -0.462 e. The fourth-order valence-corrected chi connectivity index (χ4v) is 3.10. The number of esters is 1. The number of nitrogens with one attached hydrogen (secondary N) is 1. The van der Waals surface area contributed by atoms with E-state index in [-0.39, 0.29) is 23.4 Å². The van der Waals surface area contributed by atoms with Gasteiger partial charge in [-0.25, -0.2) is 9.78 Å². The van der Waals surface area contributed by atoms with Crippen LogP contribution >= 0.6 is 11.3 Å². The molecule has 0 aliphatic heterocycles. The van der Waals surface area contributed by atoms with Gasteiger partial charge in [0.15, 0.2) is 0 Å².